The Morgan fingerprint density at radius 1 is 1.00 bits per heavy atom. The van der Waals surface area contributed by atoms with Crippen molar-refractivity contribution >= 4 is 11.7 Å². The fourth-order valence-electron chi connectivity index (χ4n) is 5.60. The Hall–Kier alpha value is -1.89. The number of carbonyl (C=O) groups excluding carboxylic acids is 1. The van der Waals surface area contributed by atoms with E-state index in [4.69, 9.17) is 0 Å². The lowest BCUT2D eigenvalue weighted by molar-refractivity contribution is 0.0884. The molecule has 33 heavy (non-hydrogen) atoms. The van der Waals surface area contributed by atoms with E-state index in [0.29, 0.717) is 6.54 Å². The Morgan fingerprint density at radius 3 is 2.33 bits per heavy atom. The zero-order valence-corrected chi connectivity index (χ0v) is 21.0. The SMILES string of the molecule is C=C1CCN(c2ccc(CN3CCC(CN4CCN(CC(C)C)CC4)CC3)cc2C)C(=O)N1. The third kappa shape index (κ3) is 6.58. The molecule has 3 saturated heterocycles. The van der Waals surface area contributed by atoms with E-state index in [9.17, 15) is 4.79 Å². The minimum Gasteiger partial charge on any atom is -0.312 e. The molecule has 4 rings (SSSR count). The molecule has 0 aromatic heterocycles. The third-order valence-corrected chi connectivity index (χ3v) is 7.44. The molecule has 0 spiro atoms. The lowest BCUT2D eigenvalue weighted by atomic mass is 9.95. The quantitative estimate of drug-likeness (QED) is 0.680. The van der Waals surface area contributed by atoms with Crippen molar-refractivity contribution in [2.45, 2.75) is 46.6 Å². The lowest BCUT2D eigenvalue weighted by Crippen LogP contribution is -2.49. The normalized spacial score (nSPS) is 22.2. The van der Waals surface area contributed by atoms with Crippen molar-refractivity contribution in [2.75, 3.05) is 63.8 Å². The standard InChI is InChI=1S/C27H43N5O/c1-21(2)18-30-13-15-31(16-14-30)19-24-8-10-29(11-9-24)20-25-5-6-26(22(3)17-25)32-12-7-23(4)28-27(32)33/h5-6,17,21,24H,4,7-16,18-20H2,1-3H3,(H,28,33). The number of piperidine rings is 1. The first kappa shape index (κ1) is 24.2. The van der Waals surface area contributed by atoms with Crippen LogP contribution in [0.15, 0.2) is 30.5 Å². The van der Waals surface area contributed by atoms with Crippen molar-refractivity contribution in [3.8, 4) is 0 Å². The van der Waals surface area contributed by atoms with Crippen molar-refractivity contribution in [1.29, 1.82) is 0 Å². The third-order valence-electron chi connectivity index (χ3n) is 7.44. The van der Waals surface area contributed by atoms with Gasteiger partial charge in [-0.2, -0.15) is 0 Å². The molecule has 3 aliphatic rings. The Balaban J connectivity index is 1.21. The number of rotatable bonds is 7. The molecule has 3 heterocycles. The van der Waals surface area contributed by atoms with Crippen LogP contribution in [0.2, 0.25) is 0 Å². The van der Waals surface area contributed by atoms with Crippen LogP contribution in [-0.4, -0.2) is 79.6 Å². The fraction of sp³-hybridized carbons (Fsp3) is 0.667. The predicted molar refractivity (Wildman–Crippen MR) is 137 cm³/mol. The Kier molecular flexibility index (Phi) is 8.10. The minimum atomic E-state index is -0.0643. The van der Waals surface area contributed by atoms with Crippen LogP contribution in [-0.2, 0) is 6.54 Å². The van der Waals surface area contributed by atoms with E-state index in [1.54, 1.807) is 0 Å². The molecule has 0 aliphatic carbocycles. The van der Waals surface area contributed by atoms with Gasteiger partial charge in [0.15, 0.2) is 0 Å². The topological polar surface area (TPSA) is 42.1 Å². The van der Waals surface area contributed by atoms with E-state index in [1.807, 2.05) is 4.90 Å². The summed E-state index contributed by atoms with van der Waals surface area (Å²) < 4.78 is 0. The number of piperazine rings is 1. The van der Waals surface area contributed by atoms with Crippen LogP contribution in [0.25, 0.3) is 0 Å². The molecule has 1 N–H and O–H groups in total. The Morgan fingerprint density at radius 2 is 1.70 bits per heavy atom. The van der Waals surface area contributed by atoms with Gasteiger partial charge in [-0.15, -0.1) is 0 Å². The van der Waals surface area contributed by atoms with Gasteiger partial charge in [0.1, 0.15) is 0 Å². The van der Waals surface area contributed by atoms with Crippen molar-refractivity contribution in [2.24, 2.45) is 11.8 Å². The number of anilines is 1. The van der Waals surface area contributed by atoms with Gasteiger partial charge >= 0.3 is 6.03 Å². The van der Waals surface area contributed by atoms with Gasteiger partial charge in [-0.25, -0.2) is 4.79 Å². The molecule has 2 amide bonds. The highest BCUT2D eigenvalue weighted by Gasteiger charge is 2.25. The summed E-state index contributed by atoms with van der Waals surface area (Å²) in [6.07, 6.45) is 3.41. The second-order valence-corrected chi connectivity index (χ2v) is 10.8. The molecule has 1 aromatic rings. The summed E-state index contributed by atoms with van der Waals surface area (Å²) >= 11 is 0. The van der Waals surface area contributed by atoms with E-state index in [0.717, 1.165) is 36.2 Å². The van der Waals surface area contributed by atoms with E-state index in [2.05, 4.69) is 65.6 Å². The number of urea groups is 1. The molecule has 0 saturated carbocycles. The molecule has 0 unspecified atom stereocenters. The molecule has 3 fully saturated rings. The fourth-order valence-corrected chi connectivity index (χ4v) is 5.60. The second kappa shape index (κ2) is 11.0. The number of hydrogen-bond acceptors (Lipinski definition) is 4. The number of likely N-dealkylation sites (tertiary alicyclic amines) is 1. The van der Waals surface area contributed by atoms with Crippen LogP contribution >= 0.6 is 0 Å². The summed E-state index contributed by atoms with van der Waals surface area (Å²) in [5.74, 6) is 1.61. The summed E-state index contributed by atoms with van der Waals surface area (Å²) in [5, 5.41) is 2.86. The summed E-state index contributed by atoms with van der Waals surface area (Å²) in [6.45, 7) is 22.2. The molecule has 0 radical (unpaired) electrons. The van der Waals surface area contributed by atoms with Gasteiger partial charge in [-0.1, -0.05) is 32.6 Å². The van der Waals surface area contributed by atoms with Crippen LogP contribution in [0.1, 0.15) is 44.2 Å². The van der Waals surface area contributed by atoms with Gasteiger partial charge in [0.05, 0.1) is 0 Å². The maximum Gasteiger partial charge on any atom is 0.326 e. The van der Waals surface area contributed by atoms with Crippen LogP contribution < -0.4 is 10.2 Å². The van der Waals surface area contributed by atoms with Gasteiger partial charge < -0.3 is 15.1 Å². The first-order valence-electron chi connectivity index (χ1n) is 12.9. The average Bonchev–Trinajstić information content (AvgIpc) is 2.77. The molecule has 0 atom stereocenters. The van der Waals surface area contributed by atoms with Gasteiger partial charge in [0, 0.05) is 70.2 Å². The summed E-state index contributed by atoms with van der Waals surface area (Å²) in [6, 6.07) is 6.51. The number of benzene rings is 1. The van der Waals surface area contributed by atoms with Crippen molar-refractivity contribution < 1.29 is 4.79 Å². The van der Waals surface area contributed by atoms with Crippen LogP contribution in [0, 0.1) is 18.8 Å². The largest absolute Gasteiger partial charge is 0.326 e. The van der Waals surface area contributed by atoms with Gasteiger partial charge in [-0.3, -0.25) is 9.80 Å². The smallest absolute Gasteiger partial charge is 0.312 e. The van der Waals surface area contributed by atoms with Crippen LogP contribution in [0.3, 0.4) is 0 Å². The highest BCUT2D eigenvalue weighted by Crippen LogP contribution is 2.26. The Labute approximate surface area is 200 Å². The van der Waals surface area contributed by atoms with Gasteiger partial charge in [-0.05, 0) is 61.9 Å². The van der Waals surface area contributed by atoms with Gasteiger partial charge in [0.2, 0.25) is 0 Å². The van der Waals surface area contributed by atoms with Crippen LogP contribution in [0.4, 0.5) is 10.5 Å². The summed E-state index contributed by atoms with van der Waals surface area (Å²) in [7, 11) is 0. The summed E-state index contributed by atoms with van der Waals surface area (Å²) in [5.41, 5.74) is 4.33. The highest BCUT2D eigenvalue weighted by molar-refractivity contribution is 5.94. The minimum absolute atomic E-state index is 0.0643. The van der Waals surface area contributed by atoms with E-state index < -0.39 is 0 Å². The molecular formula is C27H43N5O. The first-order chi connectivity index (χ1) is 15.9. The van der Waals surface area contributed by atoms with Crippen LogP contribution in [0.5, 0.6) is 0 Å². The highest BCUT2D eigenvalue weighted by atomic mass is 16.2. The number of hydrogen-bond donors (Lipinski definition) is 1. The first-order valence-corrected chi connectivity index (χ1v) is 12.9. The average molecular weight is 454 g/mol. The number of nitrogens with one attached hydrogen (secondary N) is 1. The van der Waals surface area contributed by atoms with Crippen molar-refractivity contribution in [3.05, 3.63) is 41.6 Å². The lowest BCUT2D eigenvalue weighted by Gasteiger charge is -2.39. The van der Waals surface area contributed by atoms with Crippen molar-refractivity contribution in [3.63, 3.8) is 0 Å². The number of nitrogens with zero attached hydrogens (tertiary/aromatic N) is 4. The zero-order valence-electron chi connectivity index (χ0n) is 21.0. The molecule has 1 aromatic carbocycles. The second-order valence-electron chi connectivity index (χ2n) is 10.8. The maximum absolute atomic E-state index is 12.3. The Bertz CT molecular complexity index is 822. The maximum atomic E-state index is 12.3. The molecule has 6 nitrogen and oxygen atoms in total. The molecule has 0 bridgehead atoms. The monoisotopic (exact) mass is 453 g/mol. The molecular weight excluding hydrogens is 410 g/mol. The molecule has 6 heteroatoms. The molecule has 182 valence electrons. The summed E-state index contributed by atoms with van der Waals surface area (Å²) in [4.78, 5) is 22.1. The van der Waals surface area contributed by atoms with E-state index in [1.165, 1.54) is 76.3 Å². The van der Waals surface area contributed by atoms with Gasteiger partial charge in [0.25, 0.3) is 0 Å². The number of carbonyl (C=O) groups is 1. The van der Waals surface area contributed by atoms with E-state index >= 15 is 0 Å². The number of aryl methyl sites for hydroxylation is 1. The van der Waals surface area contributed by atoms with E-state index in [-0.39, 0.29) is 6.03 Å². The van der Waals surface area contributed by atoms with Crippen molar-refractivity contribution in [1.82, 2.24) is 20.0 Å². The number of amides is 2. The molecule has 3 aliphatic heterocycles. The predicted octanol–water partition coefficient (Wildman–Crippen LogP) is 3.91. The zero-order chi connectivity index (χ0) is 23.4.